The van der Waals surface area contributed by atoms with Gasteiger partial charge in [-0.2, -0.15) is 0 Å². The summed E-state index contributed by atoms with van der Waals surface area (Å²) in [5.41, 5.74) is 6.84. The molecule has 2 aromatic heterocycles. The van der Waals surface area contributed by atoms with E-state index in [0.29, 0.717) is 24.2 Å². The Hall–Kier alpha value is -4.07. The van der Waals surface area contributed by atoms with E-state index in [-0.39, 0.29) is 11.8 Å². The zero-order valence-electron chi connectivity index (χ0n) is 19.0. The second-order valence-electron chi connectivity index (χ2n) is 8.77. The number of ether oxygens (including phenoxy) is 1. The van der Waals surface area contributed by atoms with Gasteiger partial charge in [0.1, 0.15) is 6.23 Å². The van der Waals surface area contributed by atoms with Gasteiger partial charge in [0, 0.05) is 30.2 Å². The van der Waals surface area contributed by atoms with Gasteiger partial charge in [0.2, 0.25) is 0 Å². The molecule has 6 rings (SSSR count). The van der Waals surface area contributed by atoms with E-state index in [0.717, 1.165) is 40.5 Å². The molecule has 1 aliphatic heterocycles. The van der Waals surface area contributed by atoms with Gasteiger partial charge in [0.25, 0.3) is 0 Å². The number of fused-ring (bicyclic) bond motifs is 3. The molecular weight excluding hydrogens is 440 g/mol. The van der Waals surface area contributed by atoms with E-state index in [9.17, 15) is 9.90 Å². The number of nitrogens with one attached hydrogen (secondary N) is 1. The summed E-state index contributed by atoms with van der Waals surface area (Å²) in [6, 6.07) is 21.8. The quantitative estimate of drug-likeness (QED) is 0.364. The van der Waals surface area contributed by atoms with Gasteiger partial charge < -0.3 is 14.8 Å². The van der Waals surface area contributed by atoms with Crippen molar-refractivity contribution >= 4 is 27.9 Å². The van der Waals surface area contributed by atoms with Crippen LogP contribution in [-0.4, -0.2) is 37.5 Å². The number of carboxylic acid groups (broad SMARTS) is 1. The minimum atomic E-state index is -0.956. The fourth-order valence-electron chi connectivity index (χ4n) is 5.02. The number of para-hydroxylation sites is 1. The number of pyridine rings is 1. The fraction of sp³-hybridized carbons (Fsp3) is 0.179. The second kappa shape index (κ2) is 8.94. The number of nitrogens with zero attached hydrogens (tertiary/aromatic N) is 3. The average Bonchev–Trinajstić information content (AvgIpc) is 3.37. The Morgan fingerprint density at radius 2 is 1.91 bits per heavy atom. The van der Waals surface area contributed by atoms with Crippen molar-refractivity contribution in [3.8, 4) is 0 Å². The maximum Gasteiger partial charge on any atom is 0.336 e. The standard InChI is InChI=1S/C28H24N4O3/c33-28(34)22-9-10-25-26(31-17-30-25)23(22)15-32-14-12-18-5-1-2-7-21(18)27(32)35-16-19-11-13-29-24-8-4-3-6-20(19)24/h1-11,13,17,27H,12,14-16H2,(H,30,31)(H,33,34). The molecule has 0 bridgehead atoms. The van der Waals surface area contributed by atoms with E-state index < -0.39 is 5.97 Å². The Labute approximate surface area is 202 Å². The van der Waals surface area contributed by atoms with Gasteiger partial charge in [-0.3, -0.25) is 9.88 Å². The van der Waals surface area contributed by atoms with Crippen LogP contribution in [0, 0.1) is 0 Å². The SMILES string of the molecule is O=C(O)c1ccc2[nH]cnc2c1CN1CCc2ccccc2C1OCc1ccnc2ccccc12. The van der Waals surface area contributed by atoms with Crippen molar-refractivity contribution < 1.29 is 14.6 Å². The molecule has 0 fully saturated rings. The molecule has 174 valence electrons. The maximum atomic E-state index is 12.1. The van der Waals surface area contributed by atoms with Gasteiger partial charge in [-0.15, -0.1) is 0 Å². The van der Waals surface area contributed by atoms with Crippen molar-refractivity contribution in [2.75, 3.05) is 6.54 Å². The van der Waals surface area contributed by atoms with Crippen molar-refractivity contribution in [3.63, 3.8) is 0 Å². The van der Waals surface area contributed by atoms with Crippen molar-refractivity contribution in [2.24, 2.45) is 0 Å². The molecule has 1 atom stereocenters. The van der Waals surface area contributed by atoms with Crippen LogP contribution in [0.1, 0.15) is 38.8 Å². The highest BCUT2D eigenvalue weighted by molar-refractivity contribution is 5.95. The van der Waals surface area contributed by atoms with Gasteiger partial charge in [-0.25, -0.2) is 9.78 Å². The number of carbonyl (C=O) groups is 1. The number of aromatic nitrogens is 3. The van der Waals surface area contributed by atoms with Crippen LogP contribution < -0.4 is 0 Å². The largest absolute Gasteiger partial charge is 0.478 e. The van der Waals surface area contributed by atoms with Crippen LogP contribution in [0.15, 0.2) is 79.3 Å². The third-order valence-electron chi connectivity index (χ3n) is 6.75. The topological polar surface area (TPSA) is 91.3 Å². The first-order valence-electron chi connectivity index (χ1n) is 11.6. The van der Waals surface area contributed by atoms with Gasteiger partial charge in [0.05, 0.1) is 35.0 Å². The highest BCUT2D eigenvalue weighted by atomic mass is 16.5. The molecule has 2 N–H and O–H groups in total. The van der Waals surface area contributed by atoms with E-state index in [1.54, 1.807) is 18.5 Å². The van der Waals surface area contributed by atoms with Crippen LogP contribution in [-0.2, 0) is 24.3 Å². The number of hydrogen-bond acceptors (Lipinski definition) is 5. The Bertz CT molecular complexity index is 1540. The van der Waals surface area contributed by atoms with E-state index in [1.807, 2.05) is 36.5 Å². The summed E-state index contributed by atoms with van der Waals surface area (Å²) in [7, 11) is 0. The number of hydrogen-bond donors (Lipinski definition) is 2. The third-order valence-corrected chi connectivity index (χ3v) is 6.75. The minimum absolute atomic E-state index is 0.266. The molecule has 5 aromatic rings. The first kappa shape index (κ1) is 21.5. The minimum Gasteiger partial charge on any atom is -0.478 e. The molecule has 35 heavy (non-hydrogen) atoms. The zero-order valence-corrected chi connectivity index (χ0v) is 19.0. The molecule has 0 amide bonds. The number of aromatic carboxylic acids is 1. The van der Waals surface area contributed by atoms with Gasteiger partial charge >= 0.3 is 5.97 Å². The second-order valence-corrected chi connectivity index (χ2v) is 8.77. The molecule has 0 spiro atoms. The lowest BCUT2D eigenvalue weighted by molar-refractivity contribution is -0.0818. The summed E-state index contributed by atoms with van der Waals surface area (Å²) in [5.74, 6) is -0.956. The summed E-state index contributed by atoms with van der Waals surface area (Å²) < 4.78 is 6.60. The number of rotatable bonds is 6. The monoisotopic (exact) mass is 464 g/mol. The Morgan fingerprint density at radius 1 is 1.06 bits per heavy atom. The van der Waals surface area contributed by atoms with E-state index in [1.165, 1.54) is 5.56 Å². The van der Waals surface area contributed by atoms with Crippen LogP contribution in [0.5, 0.6) is 0 Å². The summed E-state index contributed by atoms with van der Waals surface area (Å²) in [6.07, 6.45) is 3.97. The van der Waals surface area contributed by atoms with Crippen molar-refractivity contribution in [1.29, 1.82) is 0 Å². The number of imidazole rings is 1. The van der Waals surface area contributed by atoms with Crippen molar-refractivity contribution in [1.82, 2.24) is 19.9 Å². The van der Waals surface area contributed by atoms with E-state index in [4.69, 9.17) is 4.74 Å². The first-order chi connectivity index (χ1) is 17.2. The highest BCUT2D eigenvalue weighted by Crippen LogP contribution is 2.34. The first-order valence-corrected chi connectivity index (χ1v) is 11.6. The van der Waals surface area contributed by atoms with E-state index >= 15 is 0 Å². The molecule has 0 saturated carbocycles. The van der Waals surface area contributed by atoms with Crippen LogP contribution in [0.25, 0.3) is 21.9 Å². The number of carboxylic acids is 1. The predicted molar refractivity (Wildman–Crippen MR) is 133 cm³/mol. The van der Waals surface area contributed by atoms with Gasteiger partial charge in [-0.05, 0) is 47.4 Å². The lowest BCUT2D eigenvalue weighted by atomic mass is 9.96. The zero-order chi connectivity index (χ0) is 23.8. The van der Waals surface area contributed by atoms with Crippen LogP contribution in [0.4, 0.5) is 0 Å². The van der Waals surface area contributed by atoms with Crippen molar-refractivity contribution in [2.45, 2.75) is 25.8 Å². The molecule has 7 nitrogen and oxygen atoms in total. The normalized spacial score (nSPS) is 15.9. The average molecular weight is 465 g/mol. The molecule has 0 aliphatic carbocycles. The highest BCUT2D eigenvalue weighted by Gasteiger charge is 2.30. The Kier molecular flexibility index (Phi) is 5.48. The number of benzene rings is 3. The Morgan fingerprint density at radius 3 is 2.83 bits per heavy atom. The molecule has 3 aromatic carbocycles. The molecule has 3 heterocycles. The van der Waals surface area contributed by atoms with Crippen LogP contribution in [0.2, 0.25) is 0 Å². The fourth-order valence-corrected chi connectivity index (χ4v) is 5.02. The molecule has 0 saturated heterocycles. The Balaban J connectivity index is 1.37. The van der Waals surface area contributed by atoms with Crippen LogP contribution >= 0.6 is 0 Å². The number of H-pyrrole nitrogens is 1. The lowest BCUT2D eigenvalue weighted by Crippen LogP contribution is -2.37. The maximum absolute atomic E-state index is 12.1. The molecular formula is C28H24N4O3. The lowest BCUT2D eigenvalue weighted by Gasteiger charge is -2.37. The summed E-state index contributed by atoms with van der Waals surface area (Å²) >= 11 is 0. The number of aromatic amines is 1. The molecule has 1 aliphatic rings. The summed E-state index contributed by atoms with van der Waals surface area (Å²) in [5, 5.41) is 10.9. The third kappa shape index (κ3) is 3.95. The molecule has 7 heteroatoms. The van der Waals surface area contributed by atoms with E-state index in [2.05, 4.69) is 44.1 Å². The summed E-state index contributed by atoms with van der Waals surface area (Å²) in [6.45, 7) is 1.58. The van der Waals surface area contributed by atoms with Gasteiger partial charge in [-0.1, -0.05) is 42.5 Å². The van der Waals surface area contributed by atoms with Crippen LogP contribution in [0.3, 0.4) is 0 Å². The molecule has 0 radical (unpaired) electrons. The van der Waals surface area contributed by atoms with Crippen molar-refractivity contribution in [3.05, 3.63) is 107 Å². The van der Waals surface area contributed by atoms with Gasteiger partial charge in [0.15, 0.2) is 0 Å². The molecule has 1 unspecified atom stereocenters. The predicted octanol–water partition coefficient (Wildman–Crippen LogP) is 5.08. The smallest absolute Gasteiger partial charge is 0.336 e. The summed E-state index contributed by atoms with van der Waals surface area (Å²) in [4.78, 5) is 26.2.